The van der Waals surface area contributed by atoms with E-state index in [-0.39, 0.29) is 12.5 Å². The molecule has 0 aliphatic heterocycles. The third-order valence-electron chi connectivity index (χ3n) is 4.41. The van der Waals surface area contributed by atoms with Gasteiger partial charge < -0.3 is 9.15 Å². The first-order valence-electron chi connectivity index (χ1n) is 8.90. The van der Waals surface area contributed by atoms with Crippen molar-refractivity contribution in [3.05, 3.63) is 74.6 Å². The van der Waals surface area contributed by atoms with E-state index in [0.717, 1.165) is 27.6 Å². The molecule has 0 aliphatic rings. The zero-order valence-electron chi connectivity index (χ0n) is 16.3. The molecule has 1 aromatic heterocycles. The first kappa shape index (κ1) is 19.4. The Balaban J connectivity index is 1.62. The van der Waals surface area contributed by atoms with Crippen LogP contribution in [0.3, 0.4) is 0 Å². The first-order chi connectivity index (χ1) is 13.3. The minimum absolute atomic E-state index is 0.204. The maximum Gasteiger partial charge on any atom is 0.336 e. The number of aryl methyl sites for hydroxylation is 4. The Bertz CT molecular complexity index is 1110. The number of rotatable bonds is 5. The standard InChI is InChI=1S/C22H22N2O4/c1-13-7-14(2)19(15(3)8-13)11-23-24-21(25)12-27-17-5-6-18-16(4)9-22(26)28-20(18)10-17/h5-11H,12H2,1-4H3,(H,24,25)/b23-11-. The topological polar surface area (TPSA) is 80.9 Å². The van der Waals surface area contributed by atoms with Gasteiger partial charge in [0.05, 0.1) is 6.21 Å². The molecule has 0 spiro atoms. The van der Waals surface area contributed by atoms with E-state index in [2.05, 4.69) is 22.7 Å². The predicted octanol–water partition coefficient (Wildman–Crippen LogP) is 3.56. The first-order valence-corrected chi connectivity index (χ1v) is 8.90. The smallest absolute Gasteiger partial charge is 0.336 e. The molecule has 0 unspecified atom stereocenters. The summed E-state index contributed by atoms with van der Waals surface area (Å²) < 4.78 is 10.6. The molecule has 0 atom stereocenters. The summed E-state index contributed by atoms with van der Waals surface area (Å²) in [4.78, 5) is 23.5. The summed E-state index contributed by atoms with van der Waals surface area (Å²) in [6.45, 7) is 7.69. The molecule has 0 radical (unpaired) electrons. The van der Waals surface area contributed by atoms with Crippen LogP contribution < -0.4 is 15.8 Å². The number of hydrogen-bond donors (Lipinski definition) is 1. The van der Waals surface area contributed by atoms with Crippen molar-refractivity contribution in [3.63, 3.8) is 0 Å². The van der Waals surface area contributed by atoms with Gasteiger partial charge in [0.15, 0.2) is 6.61 Å². The molecule has 3 rings (SSSR count). The lowest BCUT2D eigenvalue weighted by Gasteiger charge is -2.08. The molecule has 6 nitrogen and oxygen atoms in total. The van der Waals surface area contributed by atoms with Gasteiger partial charge in [0.2, 0.25) is 0 Å². The lowest BCUT2D eigenvalue weighted by Crippen LogP contribution is -2.24. The van der Waals surface area contributed by atoms with Gasteiger partial charge in [-0.3, -0.25) is 4.79 Å². The fraction of sp³-hybridized carbons (Fsp3) is 0.227. The second kappa shape index (κ2) is 8.08. The number of hydrogen-bond acceptors (Lipinski definition) is 5. The highest BCUT2D eigenvalue weighted by Crippen LogP contribution is 2.22. The van der Waals surface area contributed by atoms with Crippen LogP contribution in [0.2, 0.25) is 0 Å². The molecule has 0 aliphatic carbocycles. The summed E-state index contributed by atoms with van der Waals surface area (Å²) in [5.74, 6) is 0.0510. The van der Waals surface area contributed by atoms with E-state index < -0.39 is 5.63 Å². The SMILES string of the molecule is Cc1cc(C)c(/C=N\NC(=O)COc2ccc3c(C)cc(=O)oc3c2)c(C)c1. The van der Waals surface area contributed by atoms with E-state index in [9.17, 15) is 9.59 Å². The van der Waals surface area contributed by atoms with Crippen molar-refractivity contribution in [2.75, 3.05) is 6.61 Å². The average Bonchev–Trinajstić information content (AvgIpc) is 2.61. The normalized spacial score (nSPS) is 11.1. The van der Waals surface area contributed by atoms with E-state index in [1.165, 1.54) is 11.6 Å². The van der Waals surface area contributed by atoms with Crippen LogP contribution in [0, 0.1) is 27.7 Å². The third kappa shape index (κ3) is 4.46. The molecule has 1 N–H and O–H groups in total. The van der Waals surface area contributed by atoms with Crippen LogP contribution in [0.5, 0.6) is 5.75 Å². The van der Waals surface area contributed by atoms with Crippen LogP contribution in [0.25, 0.3) is 11.0 Å². The van der Waals surface area contributed by atoms with Crippen LogP contribution in [0.1, 0.15) is 27.8 Å². The average molecular weight is 378 g/mol. The quantitative estimate of drug-likeness (QED) is 0.418. The maximum atomic E-state index is 12.0. The molecule has 0 bridgehead atoms. The molecule has 0 saturated carbocycles. The molecule has 0 saturated heterocycles. The molecular formula is C22H22N2O4. The van der Waals surface area contributed by atoms with Crippen molar-refractivity contribution in [1.29, 1.82) is 0 Å². The molecule has 28 heavy (non-hydrogen) atoms. The van der Waals surface area contributed by atoms with Gasteiger partial charge in [-0.2, -0.15) is 5.10 Å². The molecule has 1 heterocycles. The minimum atomic E-state index is -0.420. The molecule has 3 aromatic rings. The Hall–Kier alpha value is -3.41. The number of carbonyl (C=O) groups is 1. The summed E-state index contributed by atoms with van der Waals surface area (Å²) in [6, 6.07) is 10.7. The van der Waals surface area contributed by atoms with Crippen LogP contribution in [0.15, 0.2) is 50.7 Å². The lowest BCUT2D eigenvalue weighted by molar-refractivity contribution is -0.123. The molecule has 0 fully saturated rings. The van der Waals surface area contributed by atoms with Gasteiger partial charge in [-0.15, -0.1) is 0 Å². The van der Waals surface area contributed by atoms with Crippen LogP contribution in [-0.2, 0) is 4.79 Å². The van der Waals surface area contributed by atoms with E-state index >= 15 is 0 Å². The number of carbonyl (C=O) groups excluding carboxylic acids is 1. The fourth-order valence-electron chi connectivity index (χ4n) is 3.14. The van der Waals surface area contributed by atoms with E-state index in [4.69, 9.17) is 9.15 Å². The lowest BCUT2D eigenvalue weighted by atomic mass is 10.0. The zero-order chi connectivity index (χ0) is 20.3. The summed E-state index contributed by atoms with van der Waals surface area (Å²) in [5.41, 5.74) is 7.64. The zero-order valence-corrected chi connectivity index (χ0v) is 16.3. The third-order valence-corrected chi connectivity index (χ3v) is 4.41. The highest BCUT2D eigenvalue weighted by atomic mass is 16.5. The van der Waals surface area contributed by atoms with E-state index in [1.54, 1.807) is 24.4 Å². The molecule has 144 valence electrons. The van der Waals surface area contributed by atoms with E-state index in [1.807, 2.05) is 27.7 Å². The monoisotopic (exact) mass is 378 g/mol. The van der Waals surface area contributed by atoms with Gasteiger partial charge in [0.25, 0.3) is 5.91 Å². The number of fused-ring (bicyclic) bond motifs is 1. The number of benzene rings is 2. The van der Waals surface area contributed by atoms with Crippen LogP contribution in [0.4, 0.5) is 0 Å². The largest absolute Gasteiger partial charge is 0.484 e. The second-order valence-corrected chi connectivity index (χ2v) is 6.80. The second-order valence-electron chi connectivity index (χ2n) is 6.80. The predicted molar refractivity (Wildman–Crippen MR) is 109 cm³/mol. The van der Waals surface area contributed by atoms with Gasteiger partial charge in [0.1, 0.15) is 11.3 Å². The molecule has 2 aromatic carbocycles. The van der Waals surface area contributed by atoms with E-state index in [0.29, 0.717) is 11.3 Å². The Morgan fingerprint density at radius 3 is 2.50 bits per heavy atom. The van der Waals surface area contributed by atoms with Crippen LogP contribution >= 0.6 is 0 Å². The summed E-state index contributed by atoms with van der Waals surface area (Å²) in [5, 5.41) is 4.84. The van der Waals surface area contributed by atoms with Crippen LogP contribution in [-0.4, -0.2) is 18.7 Å². The Kier molecular flexibility index (Phi) is 5.59. The highest BCUT2D eigenvalue weighted by Gasteiger charge is 2.07. The van der Waals surface area contributed by atoms with Crippen molar-refractivity contribution in [1.82, 2.24) is 5.43 Å². The summed E-state index contributed by atoms with van der Waals surface area (Å²) in [7, 11) is 0. The van der Waals surface area contributed by atoms with Gasteiger partial charge in [-0.1, -0.05) is 17.7 Å². The van der Waals surface area contributed by atoms with Crippen molar-refractivity contribution in [2.45, 2.75) is 27.7 Å². The Labute approximate surface area is 162 Å². The highest BCUT2D eigenvalue weighted by molar-refractivity contribution is 5.86. The fourth-order valence-corrected chi connectivity index (χ4v) is 3.14. The minimum Gasteiger partial charge on any atom is -0.484 e. The maximum absolute atomic E-state index is 12.0. The van der Waals surface area contributed by atoms with Crippen molar-refractivity contribution in [3.8, 4) is 5.75 Å². The molecule has 6 heteroatoms. The van der Waals surface area contributed by atoms with Crippen molar-refractivity contribution < 1.29 is 13.9 Å². The van der Waals surface area contributed by atoms with Gasteiger partial charge in [-0.25, -0.2) is 10.2 Å². The van der Waals surface area contributed by atoms with Crippen molar-refractivity contribution in [2.24, 2.45) is 5.10 Å². The number of amides is 1. The summed E-state index contributed by atoms with van der Waals surface area (Å²) >= 11 is 0. The van der Waals surface area contributed by atoms with Gasteiger partial charge >= 0.3 is 5.63 Å². The molecular weight excluding hydrogens is 356 g/mol. The van der Waals surface area contributed by atoms with Crippen molar-refractivity contribution >= 4 is 23.1 Å². The number of hydrazone groups is 1. The number of nitrogens with one attached hydrogen (secondary N) is 1. The van der Waals surface area contributed by atoms with Gasteiger partial charge in [0, 0.05) is 23.1 Å². The molecule has 1 amide bonds. The van der Waals surface area contributed by atoms with Gasteiger partial charge in [-0.05, 0) is 56.5 Å². The Morgan fingerprint density at radius 1 is 1.07 bits per heavy atom. The number of ether oxygens (including phenoxy) is 1. The number of nitrogens with zero attached hydrogens (tertiary/aromatic N) is 1. The Morgan fingerprint density at radius 2 is 1.79 bits per heavy atom. The summed E-state index contributed by atoms with van der Waals surface area (Å²) in [6.07, 6.45) is 1.63.